The van der Waals surface area contributed by atoms with Crippen molar-refractivity contribution in [2.24, 2.45) is 0 Å². The first-order valence-corrected chi connectivity index (χ1v) is 12.5. The summed E-state index contributed by atoms with van der Waals surface area (Å²) in [4.78, 5) is 15.0. The highest BCUT2D eigenvalue weighted by Crippen LogP contribution is 2.39. The molecule has 0 radical (unpaired) electrons. The predicted octanol–water partition coefficient (Wildman–Crippen LogP) is 6.10. The van der Waals surface area contributed by atoms with Crippen LogP contribution in [0.1, 0.15) is 25.7 Å². The van der Waals surface area contributed by atoms with Gasteiger partial charge in [0.1, 0.15) is 17.0 Å². The summed E-state index contributed by atoms with van der Waals surface area (Å²) in [5, 5.41) is 3.76. The number of fused-ring (bicyclic) bond motifs is 3. The van der Waals surface area contributed by atoms with Crippen LogP contribution in [0.4, 0.5) is 27.9 Å². The molecule has 0 amide bonds. The summed E-state index contributed by atoms with van der Waals surface area (Å²) in [6.07, 6.45) is 0.638. The standard InChI is InChI=1S/C27H24F5N5O/c28-19-8-2-6-16-5-1-7-17(20(16)19)22-21(29)23-18(13-33-22)24(38-15-27(30,31)32)36-25(35-23)34-14-26-9-3-11-37(26)12-4-10-26/h1-2,5-8,13H,3-4,9-12,14-15H2,(H,34,35,36). The summed E-state index contributed by atoms with van der Waals surface area (Å²) in [6, 6.07) is 9.41. The van der Waals surface area contributed by atoms with E-state index in [-0.39, 0.29) is 39.0 Å². The van der Waals surface area contributed by atoms with Crippen LogP contribution >= 0.6 is 0 Å². The fourth-order valence-electron chi connectivity index (χ4n) is 5.81. The van der Waals surface area contributed by atoms with Crippen LogP contribution in [0.15, 0.2) is 42.6 Å². The Hall–Kier alpha value is -3.60. The van der Waals surface area contributed by atoms with Crippen molar-refractivity contribution in [3.05, 3.63) is 54.2 Å². The van der Waals surface area contributed by atoms with E-state index in [1.165, 1.54) is 12.1 Å². The molecule has 2 aromatic carbocycles. The average Bonchev–Trinajstić information content (AvgIpc) is 3.47. The van der Waals surface area contributed by atoms with E-state index >= 15 is 4.39 Å². The van der Waals surface area contributed by atoms with Crippen molar-refractivity contribution in [2.45, 2.75) is 37.4 Å². The first-order chi connectivity index (χ1) is 18.2. The molecule has 4 heterocycles. The van der Waals surface area contributed by atoms with Gasteiger partial charge in [0.15, 0.2) is 12.4 Å². The summed E-state index contributed by atoms with van der Waals surface area (Å²) in [5.41, 5.74) is -0.299. The van der Waals surface area contributed by atoms with Crippen molar-refractivity contribution in [2.75, 3.05) is 31.6 Å². The van der Waals surface area contributed by atoms with Crippen LogP contribution in [0.3, 0.4) is 0 Å². The Morgan fingerprint density at radius 2 is 1.74 bits per heavy atom. The molecule has 6 nitrogen and oxygen atoms in total. The van der Waals surface area contributed by atoms with E-state index in [1.54, 1.807) is 24.3 Å². The minimum absolute atomic E-state index is 0.0389. The molecule has 2 fully saturated rings. The van der Waals surface area contributed by atoms with Crippen LogP contribution in [0, 0.1) is 11.6 Å². The van der Waals surface area contributed by atoms with Gasteiger partial charge in [0.25, 0.3) is 0 Å². The van der Waals surface area contributed by atoms with Gasteiger partial charge in [0, 0.05) is 29.2 Å². The summed E-state index contributed by atoms with van der Waals surface area (Å²) in [5.74, 6) is -1.91. The van der Waals surface area contributed by atoms with Crippen molar-refractivity contribution in [3.63, 3.8) is 0 Å². The third-order valence-corrected chi connectivity index (χ3v) is 7.52. The molecule has 6 rings (SSSR count). The van der Waals surface area contributed by atoms with Crippen molar-refractivity contribution in [1.29, 1.82) is 0 Å². The fourth-order valence-corrected chi connectivity index (χ4v) is 5.81. The van der Waals surface area contributed by atoms with Gasteiger partial charge in [-0.1, -0.05) is 30.3 Å². The molecule has 198 valence electrons. The van der Waals surface area contributed by atoms with Crippen LogP contribution in [0.25, 0.3) is 32.9 Å². The molecule has 2 aliphatic rings. The van der Waals surface area contributed by atoms with Gasteiger partial charge < -0.3 is 10.1 Å². The Kier molecular flexibility index (Phi) is 6.05. The van der Waals surface area contributed by atoms with E-state index in [2.05, 4.69) is 25.2 Å². The molecule has 0 bridgehead atoms. The second-order valence-corrected chi connectivity index (χ2v) is 9.85. The van der Waals surface area contributed by atoms with Crippen LogP contribution in [-0.2, 0) is 0 Å². The summed E-state index contributed by atoms with van der Waals surface area (Å²) in [6.45, 7) is 0.858. The van der Waals surface area contributed by atoms with Crippen molar-refractivity contribution in [3.8, 4) is 17.1 Å². The predicted molar refractivity (Wildman–Crippen MR) is 133 cm³/mol. The topological polar surface area (TPSA) is 63.2 Å². The van der Waals surface area contributed by atoms with Crippen LogP contribution < -0.4 is 10.1 Å². The molecule has 0 atom stereocenters. The molecule has 0 spiro atoms. The highest BCUT2D eigenvalue weighted by molar-refractivity contribution is 5.98. The second-order valence-electron chi connectivity index (χ2n) is 9.85. The third kappa shape index (κ3) is 4.38. The first kappa shape index (κ1) is 24.7. The largest absolute Gasteiger partial charge is 0.467 e. The molecular formula is C27H24F5N5O. The lowest BCUT2D eigenvalue weighted by molar-refractivity contribution is -0.153. The van der Waals surface area contributed by atoms with Crippen LogP contribution in [-0.4, -0.2) is 57.8 Å². The van der Waals surface area contributed by atoms with E-state index in [1.807, 2.05) is 0 Å². The van der Waals surface area contributed by atoms with Gasteiger partial charge in [-0.2, -0.15) is 18.2 Å². The number of aromatic nitrogens is 3. The highest BCUT2D eigenvalue weighted by Gasteiger charge is 2.44. The molecule has 38 heavy (non-hydrogen) atoms. The zero-order chi connectivity index (χ0) is 26.5. The summed E-state index contributed by atoms with van der Waals surface area (Å²) < 4.78 is 74.7. The third-order valence-electron chi connectivity index (χ3n) is 7.52. The average molecular weight is 530 g/mol. The van der Waals surface area contributed by atoms with Gasteiger partial charge in [-0.3, -0.25) is 9.88 Å². The smallest absolute Gasteiger partial charge is 0.422 e. The Labute approximate surface area is 214 Å². The Morgan fingerprint density at radius 3 is 2.47 bits per heavy atom. The number of hydrogen-bond acceptors (Lipinski definition) is 6. The lowest BCUT2D eigenvalue weighted by atomic mass is 9.94. The molecule has 2 aromatic heterocycles. The monoisotopic (exact) mass is 529 g/mol. The molecular weight excluding hydrogens is 505 g/mol. The summed E-state index contributed by atoms with van der Waals surface area (Å²) in [7, 11) is 0. The van der Waals surface area contributed by atoms with Gasteiger partial charge in [-0.15, -0.1) is 0 Å². The molecule has 0 saturated carbocycles. The second kappa shape index (κ2) is 9.30. The van der Waals surface area contributed by atoms with Crippen molar-refractivity contribution >= 4 is 27.6 Å². The molecule has 0 aliphatic carbocycles. The lowest BCUT2D eigenvalue weighted by Gasteiger charge is -2.32. The number of ether oxygens (including phenoxy) is 1. The minimum Gasteiger partial charge on any atom is -0.467 e. The van der Waals surface area contributed by atoms with Gasteiger partial charge in [-0.25, -0.2) is 13.8 Å². The molecule has 1 N–H and O–H groups in total. The number of nitrogens with one attached hydrogen (secondary N) is 1. The number of hydrogen-bond donors (Lipinski definition) is 1. The molecule has 4 aromatic rings. The van der Waals surface area contributed by atoms with E-state index in [0.29, 0.717) is 11.9 Å². The molecule has 2 aliphatic heterocycles. The first-order valence-electron chi connectivity index (χ1n) is 12.5. The highest BCUT2D eigenvalue weighted by atomic mass is 19.4. The van der Waals surface area contributed by atoms with Gasteiger partial charge in [-0.05, 0) is 50.2 Å². The van der Waals surface area contributed by atoms with E-state index in [4.69, 9.17) is 4.74 Å². The number of alkyl halides is 3. The van der Waals surface area contributed by atoms with Crippen molar-refractivity contribution in [1.82, 2.24) is 19.9 Å². The number of nitrogens with zero attached hydrogens (tertiary/aromatic N) is 4. The quantitative estimate of drug-likeness (QED) is 0.305. The Balaban J connectivity index is 1.45. The number of benzene rings is 2. The zero-order valence-corrected chi connectivity index (χ0v) is 20.3. The van der Waals surface area contributed by atoms with Crippen molar-refractivity contribution < 1.29 is 26.7 Å². The van der Waals surface area contributed by atoms with Gasteiger partial charge >= 0.3 is 6.18 Å². The summed E-state index contributed by atoms with van der Waals surface area (Å²) >= 11 is 0. The molecule has 0 unspecified atom stereocenters. The van der Waals surface area contributed by atoms with E-state index in [0.717, 1.165) is 45.0 Å². The lowest BCUT2D eigenvalue weighted by Crippen LogP contribution is -2.44. The molecule has 2 saturated heterocycles. The van der Waals surface area contributed by atoms with E-state index < -0.39 is 30.3 Å². The van der Waals surface area contributed by atoms with Gasteiger partial charge in [0.2, 0.25) is 11.8 Å². The van der Waals surface area contributed by atoms with Crippen LogP contribution in [0.2, 0.25) is 0 Å². The molecule has 11 heteroatoms. The zero-order valence-electron chi connectivity index (χ0n) is 20.3. The number of pyridine rings is 1. The Bertz CT molecular complexity index is 1510. The number of halogens is 5. The minimum atomic E-state index is -4.62. The fraction of sp³-hybridized carbons (Fsp3) is 0.370. The SMILES string of the molecule is Fc1c(-c2cccc3cccc(F)c23)ncc2c(OCC(F)(F)F)nc(NCC34CCCN3CCC4)nc12. The number of rotatable bonds is 6. The van der Waals surface area contributed by atoms with Crippen LogP contribution in [0.5, 0.6) is 5.88 Å². The number of anilines is 1. The Morgan fingerprint density at radius 1 is 1.00 bits per heavy atom. The maximum absolute atomic E-state index is 16.0. The van der Waals surface area contributed by atoms with E-state index in [9.17, 15) is 17.6 Å². The van der Waals surface area contributed by atoms with Gasteiger partial charge in [0.05, 0.1) is 5.39 Å². The maximum atomic E-state index is 16.0. The normalized spacial score (nSPS) is 17.3. The maximum Gasteiger partial charge on any atom is 0.422 e.